The van der Waals surface area contributed by atoms with Gasteiger partial charge < -0.3 is 14.7 Å². The predicted molar refractivity (Wildman–Crippen MR) is 89.1 cm³/mol. The van der Waals surface area contributed by atoms with Gasteiger partial charge >= 0.3 is 0 Å². The summed E-state index contributed by atoms with van der Waals surface area (Å²) >= 11 is 5.93. The number of aliphatic hydroxyl groups is 1. The van der Waals surface area contributed by atoms with Crippen LogP contribution in [0, 0.1) is 0 Å². The summed E-state index contributed by atoms with van der Waals surface area (Å²) in [6, 6.07) is 14.2. The first-order chi connectivity index (χ1) is 11.1. The highest BCUT2D eigenvalue weighted by atomic mass is 35.5. The summed E-state index contributed by atoms with van der Waals surface area (Å²) in [5.41, 5.74) is 0.625. The molecule has 0 aliphatic carbocycles. The smallest absolute Gasteiger partial charge is 0.253 e. The standard InChI is InChI=1S/C18H18ClNO3/c19-14-2-1-3-17(12-14)23-16-6-4-13(5-7-16)18(22)20-10-8-15(21)9-11-20/h1-7,12,15,21H,8-11H2. The van der Waals surface area contributed by atoms with Gasteiger partial charge in [0.15, 0.2) is 0 Å². The van der Waals surface area contributed by atoms with Crippen LogP contribution in [0.2, 0.25) is 5.02 Å². The molecule has 1 fully saturated rings. The molecule has 3 rings (SSSR count). The van der Waals surface area contributed by atoms with Crippen molar-refractivity contribution < 1.29 is 14.6 Å². The van der Waals surface area contributed by atoms with Gasteiger partial charge in [-0.1, -0.05) is 17.7 Å². The summed E-state index contributed by atoms with van der Waals surface area (Å²) in [5.74, 6) is 1.30. The lowest BCUT2D eigenvalue weighted by Gasteiger charge is -2.29. The fourth-order valence-electron chi connectivity index (χ4n) is 2.58. The molecule has 1 heterocycles. The number of likely N-dealkylation sites (tertiary alicyclic amines) is 1. The Morgan fingerprint density at radius 3 is 2.43 bits per heavy atom. The molecule has 4 nitrogen and oxygen atoms in total. The molecule has 23 heavy (non-hydrogen) atoms. The normalized spacial score (nSPS) is 15.5. The first kappa shape index (κ1) is 15.8. The third-order valence-corrected chi connectivity index (χ3v) is 4.12. The molecule has 0 saturated carbocycles. The maximum absolute atomic E-state index is 12.4. The molecule has 1 amide bonds. The minimum atomic E-state index is -0.285. The second-order valence-corrected chi connectivity index (χ2v) is 6.04. The molecule has 0 unspecified atom stereocenters. The molecular formula is C18H18ClNO3. The summed E-state index contributed by atoms with van der Waals surface area (Å²) in [6.45, 7) is 1.20. The molecule has 0 bridgehead atoms. The van der Waals surface area contributed by atoms with E-state index in [1.807, 2.05) is 12.1 Å². The Balaban J connectivity index is 1.66. The summed E-state index contributed by atoms with van der Waals surface area (Å²) in [5, 5.41) is 10.1. The van der Waals surface area contributed by atoms with Crippen molar-refractivity contribution in [2.45, 2.75) is 18.9 Å². The quantitative estimate of drug-likeness (QED) is 0.932. The van der Waals surface area contributed by atoms with E-state index in [0.29, 0.717) is 48.0 Å². The maximum Gasteiger partial charge on any atom is 0.253 e. The highest BCUT2D eigenvalue weighted by Gasteiger charge is 2.22. The van der Waals surface area contributed by atoms with Crippen LogP contribution in [0.15, 0.2) is 48.5 Å². The van der Waals surface area contributed by atoms with Gasteiger partial charge in [-0.3, -0.25) is 4.79 Å². The number of nitrogens with zero attached hydrogens (tertiary/aromatic N) is 1. The van der Waals surface area contributed by atoms with Crippen LogP contribution in [0.25, 0.3) is 0 Å². The number of carbonyl (C=O) groups is 1. The van der Waals surface area contributed by atoms with Gasteiger partial charge in [-0.25, -0.2) is 0 Å². The number of piperidine rings is 1. The third-order valence-electron chi connectivity index (χ3n) is 3.88. The Hall–Kier alpha value is -2.04. The molecule has 0 aromatic heterocycles. The van der Waals surface area contributed by atoms with Crippen molar-refractivity contribution >= 4 is 17.5 Å². The van der Waals surface area contributed by atoms with Crippen LogP contribution in [0.3, 0.4) is 0 Å². The van der Waals surface area contributed by atoms with Crippen LogP contribution in [-0.2, 0) is 0 Å². The Labute approximate surface area is 140 Å². The molecule has 1 N–H and O–H groups in total. The van der Waals surface area contributed by atoms with E-state index >= 15 is 0 Å². The molecule has 1 aliphatic heterocycles. The van der Waals surface area contributed by atoms with Gasteiger partial charge in [0.1, 0.15) is 11.5 Å². The zero-order chi connectivity index (χ0) is 16.2. The lowest BCUT2D eigenvalue weighted by Crippen LogP contribution is -2.40. The number of hydrogen-bond acceptors (Lipinski definition) is 3. The van der Waals surface area contributed by atoms with E-state index in [2.05, 4.69) is 0 Å². The minimum Gasteiger partial charge on any atom is -0.457 e. The lowest BCUT2D eigenvalue weighted by atomic mass is 10.1. The molecule has 0 atom stereocenters. The van der Waals surface area contributed by atoms with E-state index in [9.17, 15) is 9.90 Å². The second kappa shape index (κ2) is 7.02. The molecule has 0 spiro atoms. The van der Waals surface area contributed by atoms with Crippen molar-refractivity contribution in [1.82, 2.24) is 4.90 Å². The topological polar surface area (TPSA) is 49.8 Å². The van der Waals surface area contributed by atoms with Crippen LogP contribution in [0.1, 0.15) is 23.2 Å². The fraction of sp³-hybridized carbons (Fsp3) is 0.278. The second-order valence-electron chi connectivity index (χ2n) is 5.61. The first-order valence-electron chi connectivity index (χ1n) is 7.62. The van der Waals surface area contributed by atoms with E-state index in [0.717, 1.165) is 0 Å². The summed E-state index contributed by atoms with van der Waals surface area (Å²) in [4.78, 5) is 14.2. The molecule has 2 aromatic carbocycles. The van der Waals surface area contributed by atoms with Crippen LogP contribution in [-0.4, -0.2) is 35.1 Å². The molecule has 2 aromatic rings. The Bertz CT molecular complexity index is 679. The van der Waals surface area contributed by atoms with E-state index in [4.69, 9.17) is 16.3 Å². The van der Waals surface area contributed by atoms with Crippen molar-refractivity contribution in [3.8, 4) is 11.5 Å². The number of carbonyl (C=O) groups excluding carboxylic acids is 1. The number of hydrogen-bond donors (Lipinski definition) is 1. The zero-order valence-corrected chi connectivity index (χ0v) is 13.4. The summed E-state index contributed by atoms with van der Waals surface area (Å²) < 4.78 is 5.71. The lowest BCUT2D eigenvalue weighted by molar-refractivity contribution is 0.0546. The summed E-state index contributed by atoms with van der Waals surface area (Å²) in [7, 11) is 0. The highest BCUT2D eigenvalue weighted by molar-refractivity contribution is 6.30. The van der Waals surface area contributed by atoms with Crippen LogP contribution < -0.4 is 4.74 Å². The molecule has 1 saturated heterocycles. The molecular weight excluding hydrogens is 314 g/mol. The Morgan fingerprint density at radius 2 is 1.78 bits per heavy atom. The van der Waals surface area contributed by atoms with Crippen LogP contribution in [0.4, 0.5) is 0 Å². The number of ether oxygens (including phenoxy) is 1. The van der Waals surface area contributed by atoms with E-state index in [1.54, 1.807) is 41.3 Å². The third kappa shape index (κ3) is 4.03. The molecule has 1 aliphatic rings. The van der Waals surface area contributed by atoms with Crippen molar-refractivity contribution in [2.75, 3.05) is 13.1 Å². The molecule has 120 valence electrons. The molecule has 5 heteroatoms. The van der Waals surface area contributed by atoms with E-state index in [1.165, 1.54) is 0 Å². The Morgan fingerprint density at radius 1 is 1.09 bits per heavy atom. The van der Waals surface area contributed by atoms with Gasteiger partial charge in [-0.15, -0.1) is 0 Å². The van der Waals surface area contributed by atoms with Crippen LogP contribution >= 0.6 is 11.6 Å². The van der Waals surface area contributed by atoms with Crippen molar-refractivity contribution in [1.29, 1.82) is 0 Å². The van der Waals surface area contributed by atoms with Gasteiger partial charge in [0.2, 0.25) is 0 Å². The highest BCUT2D eigenvalue weighted by Crippen LogP contribution is 2.24. The number of amides is 1. The van der Waals surface area contributed by atoms with Crippen molar-refractivity contribution in [3.63, 3.8) is 0 Å². The maximum atomic E-state index is 12.4. The number of halogens is 1. The predicted octanol–water partition coefficient (Wildman–Crippen LogP) is 3.73. The van der Waals surface area contributed by atoms with Gasteiger partial charge in [0.05, 0.1) is 6.10 Å². The van der Waals surface area contributed by atoms with Gasteiger partial charge in [0, 0.05) is 23.7 Å². The largest absolute Gasteiger partial charge is 0.457 e. The number of benzene rings is 2. The van der Waals surface area contributed by atoms with Crippen molar-refractivity contribution in [3.05, 3.63) is 59.1 Å². The first-order valence-corrected chi connectivity index (χ1v) is 8.00. The minimum absolute atomic E-state index is 0.00814. The monoisotopic (exact) mass is 331 g/mol. The fourth-order valence-corrected chi connectivity index (χ4v) is 2.76. The van der Waals surface area contributed by atoms with E-state index < -0.39 is 0 Å². The van der Waals surface area contributed by atoms with Gasteiger partial charge in [-0.05, 0) is 55.3 Å². The number of aliphatic hydroxyl groups excluding tert-OH is 1. The number of rotatable bonds is 3. The average Bonchev–Trinajstić information content (AvgIpc) is 2.56. The zero-order valence-electron chi connectivity index (χ0n) is 12.6. The molecule has 0 radical (unpaired) electrons. The SMILES string of the molecule is O=C(c1ccc(Oc2cccc(Cl)c2)cc1)N1CCC(O)CC1. The van der Waals surface area contributed by atoms with Crippen LogP contribution in [0.5, 0.6) is 11.5 Å². The van der Waals surface area contributed by atoms with Gasteiger partial charge in [-0.2, -0.15) is 0 Å². The average molecular weight is 332 g/mol. The van der Waals surface area contributed by atoms with E-state index in [-0.39, 0.29) is 12.0 Å². The summed E-state index contributed by atoms with van der Waals surface area (Å²) in [6.07, 6.45) is 0.996. The Kier molecular flexibility index (Phi) is 4.84. The van der Waals surface area contributed by atoms with Gasteiger partial charge in [0.25, 0.3) is 5.91 Å². The van der Waals surface area contributed by atoms with Crippen molar-refractivity contribution in [2.24, 2.45) is 0 Å².